The molecule has 1 aromatic carbocycles. The van der Waals surface area contributed by atoms with Crippen molar-refractivity contribution in [3.63, 3.8) is 0 Å². The van der Waals surface area contributed by atoms with E-state index in [1.54, 1.807) is 19.1 Å². The van der Waals surface area contributed by atoms with Crippen LogP contribution in [0.25, 0.3) is 0 Å². The number of esters is 1. The van der Waals surface area contributed by atoms with Gasteiger partial charge in [0.25, 0.3) is 0 Å². The van der Waals surface area contributed by atoms with Gasteiger partial charge in [0.2, 0.25) is 0 Å². The van der Waals surface area contributed by atoms with E-state index in [2.05, 4.69) is 13.5 Å². The number of aromatic carboxylic acids is 1. The lowest BCUT2D eigenvalue weighted by atomic mass is 10.0. The van der Waals surface area contributed by atoms with Gasteiger partial charge < -0.3 is 14.9 Å². The van der Waals surface area contributed by atoms with Gasteiger partial charge in [-0.25, -0.2) is 14.4 Å². The lowest BCUT2D eigenvalue weighted by Crippen LogP contribution is -2.11. The zero-order chi connectivity index (χ0) is 19.4. The van der Waals surface area contributed by atoms with Crippen LogP contribution in [0.15, 0.2) is 30.4 Å². The number of carbonyl (C=O) groups is 3. The Balaban J connectivity index is 0.000000823. The SMILES string of the molecule is C=C(C)C(=O)O.CCCCCCOC(=O)c1cccc(C(=O)O)c1C. The molecule has 0 amide bonds. The highest BCUT2D eigenvalue weighted by atomic mass is 16.5. The summed E-state index contributed by atoms with van der Waals surface area (Å²) in [6.45, 7) is 8.73. The Labute approximate surface area is 148 Å². The Kier molecular flexibility index (Phi) is 10.6. The van der Waals surface area contributed by atoms with Crippen molar-refractivity contribution in [3.8, 4) is 0 Å². The van der Waals surface area contributed by atoms with Crippen LogP contribution in [-0.2, 0) is 9.53 Å². The maximum atomic E-state index is 11.9. The van der Waals surface area contributed by atoms with Gasteiger partial charge >= 0.3 is 17.9 Å². The van der Waals surface area contributed by atoms with E-state index in [1.165, 1.54) is 13.0 Å². The third kappa shape index (κ3) is 8.69. The molecule has 0 aliphatic rings. The summed E-state index contributed by atoms with van der Waals surface area (Å²) in [6, 6.07) is 4.63. The second kappa shape index (κ2) is 11.8. The molecule has 1 aromatic rings. The van der Waals surface area contributed by atoms with E-state index < -0.39 is 17.9 Å². The van der Waals surface area contributed by atoms with Crippen LogP contribution in [0.3, 0.4) is 0 Å². The summed E-state index contributed by atoms with van der Waals surface area (Å²) in [5, 5.41) is 16.9. The molecule has 25 heavy (non-hydrogen) atoms. The molecule has 6 heteroatoms. The number of hydrogen-bond acceptors (Lipinski definition) is 4. The number of carbonyl (C=O) groups excluding carboxylic acids is 1. The van der Waals surface area contributed by atoms with Gasteiger partial charge in [0.15, 0.2) is 0 Å². The summed E-state index contributed by atoms with van der Waals surface area (Å²) in [5.74, 6) is -2.41. The first-order chi connectivity index (χ1) is 11.7. The van der Waals surface area contributed by atoms with Gasteiger partial charge in [-0.3, -0.25) is 0 Å². The number of unbranched alkanes of at least 4 members (excludes halogenated alkanes) is 3. The molecule has 0 saturated heterocycles. The first kappa shape index (κ1) is 22.4. The Morgan fingerprint density at radius 2 is 1.64 bits per heavy atom. The van der Waals surface area contributed by atoms with Crippen molar-refractivity contribution in [2.24, 2.45) is 0 Å². The summed E-state index contributed by atoms with van der Waals surface area (Å²) in [6.07, 6.45) is 4.15. The van der Waals surface area contributed by atoms with E-state index in [9.17, 15) is 14.4 Å². The lowest BCUT2D eigenvalue weighted by Gasteiger charge is -2.08. The van der Waals surface area contributed by atoms with Crippen molar-refractivity contribution >= 4 is 17.9 Å². The van der Waals surface area contributed by atoms with Crippen LogP contribution in [0.1, 0.15) is 65.8 Å². The number of hydrogen-bond donors (Lipinski definition) is 2. The van der Waals surface area contributed by atoms with Crippen molar-refractivity contribution in [1.29, 1.82) is 0 Å². The van der Waals surface area contributed by atoms with E-state index >= 15 is 0 Å². The summed E-state index contributed by atoms with van der Waals surface area (Å²) >= 11 is 0. The highest BCUT2D eigenvalue weighted by Crippen LogP contribution is 2.15. The van der Waals surface area contributed by atoms with Crippen LogP contribution in [0, 0.1) is 6.92 Å². The third-order valence-electron chi connectivity index (χ3n) is 3.38. The molecule has 0 unspecified atom stereocenters. The second-order valence-corrected chi connectivity index (χ2v) is 5.57. The molecule has 0 aromatic heterocycles. The van der Waals surface area contributed by atoms with Crippen LogP contribution in [0.4, 0.5) is 0 Å². The van der Waals surface area contributed by atoms with E-state index in [0.29, 0.717) is 17.7 Å². The lowest BCUT2D eigenvalue weighted by molar-refractivity contribution is -0.132. The molecular weight excluding hydrogens is 324 g/mol. The van der Waals surface area contributed by atoms with Crippen molar-refractivity contribution in [3.05, 3.63) is 47.0 Å². The molecule has 0 aliphatic heterocycles. The molecule has 0 saturated carbocycles. The highest BCUT2D eigenvalue weighted by molar-refractivity contribution is 5.97. The van der Waals surface area contributed by atoms with E-state index in [0.717, 1.165) is 25.7 Å². The number of aliphatic carboxylic acids is 1. The monoisotopic (exact) mass is 350 g/mol. The van der Waals surface area contributed by atoms with Crippen LogP contribution in [0.2, 0.25) is 0 Å². The Morgan fingerprint density at radius 3 is 2.12 bits per heavy atom. The highest BCUT2D eigenvalue weighted by Gasteiger charge is 2.15. The van der Waals surface area contributed by atoms with Gasteiger partial charge in [-0.05, 0) is 38.0 Å². The van der Waals surface area contributed by atoms with Gasteiger partial charge in [0.05, 0.1) is 17.7 Å². The van der Waals surface area contributed by atoms with E-state index in [4.69, 9.17) is 14.9 Å². The Bertz CT molecular complexity index is 606. The molecule has 0 fully saturated rings. The molecule has 0 atom stereocenters. The first-order valence-electron chi connectivity index (χ1n) is 8.11. The van der Waals surface area contributed by atoms with E-state index in [-0.39, 0.29) is 11.1 Å². The largest absolute Gasteiger partial charge is 0.478 e. The molecule has 6 nitrogen and oxygen atoms in total. The molecule has 2 N–H and O–H groups in total. The van der Waals surface area contributed by atoms with Crippen molar-refractivity contribution < 1.29 is 29.3 Å². The first-order valence-corrected chi connectivity index (χ1v) is 8.11. The molecule has 0 bridgehead atoms. The molecule has 0 heterocycles. The number of carboxylic acid groups (broad SMARTS) is 2. The zero-order valence-electron chi connectivity index (χ0n) is 15.0. The van der Waals surface area contributed by atoms with Crippen LogP contribution in [0.5, 0.6) is 0 Å². The summed E-state index contributed by atoms with van der Waals surface area (Å²) in [4.78, 5) is 32.4. The molecule has 0 spiro atoms. The molecule has 1 rings (SSSR count). The van der Waals surface area contributed by atoms with Gasteiger partial charge in [-0.15, -0.1) is 0 Å². The van der Waals surface area contributed by atoms with Crippen molar-refractivity contribution in [1.82, 2.24) is 0 Å². The number of benzene rings is 1. The van der Waals surface area contributed by atoms with Crippen molar-refractivity contribution in [2.45, 2.75) is 46.5 Å². The number of ether oxygens (including phenoxy) is 1. The molecule has 0 radical (unpaired) electrons. The predicted octanol–water partition coefficient (Wildman–Crippen LogP) is 4.08. The summed E-state index contributed by atoms with van der Waals surface area (Å²) in [7, 11) is 0. The minimum atomic E-state index is -1.03. The zero-order valence-corrected chi connectivity index (χ0v) is 15.0. The fourth-order valence-corrected chi connectivity index (χ4v) is 1.86. The van der Waals surface area contributed by atoms with Crippen LogP contribution in [-0.4, -0.2) is 34.7 Å². The molecular formula is C19H26O6. The normalized spacial score (nSPS) is 9.56. The van der Waals surface area contributed by atoms with Crippen LogP contribution < -0.4 is 0 Å². The van der Waals surface area contributed by atoms with Gasteiger partial charge in [0, 0.05) is 5.57 Å². The van der Waals surface area contributed by atoms with Crippen LogP contribution >= 0.6 is 0 Å². The van der Waals surface area contributed by atoms with Gasteiger partial charge in [-0.1, -0.05) is 38.8 Å². The minimum absolute atomic E-state index is 0.139. The fourth-order valence-electron chi connectivity index (χ4n) is 1.86. The Hall–Kier alpha value is -2.63. The smallest absolute Gasteiger partial charge is 0.338 e. The average molecular weight is 350 g/mol. The molecule has 138 valence electrons. The maximum Gasteiger partial charge on any atom is 0.338 e. The number of carboxylic acids is 2. The van der Waals surface area contributed by atoms with E-state index in [1.807, 2.05) is 0 Å². The quantitative estimate of drug-likeness (QED) is 0.416. The third-order valence-corrected chi connectivity index (χ3v) is 3.38. The minimum Gasteiger partial charge on any atom is -0.478 e. The van der Waals surface area contributed by atoms with Gasteiger partial charge in [0.1, 0.15) is 0 Å². The summed E-state index contributed by atoms with van der Waals surface area (Å²) < 4.78 is 5.16. The Morgan fingerprint density at radius 1 is 1.08 bits per heavy atom. The topological polar surface area (TPSA) is 101 Å². The standard InChI is InChI=1S/C15H20O4.C4H6O2/c1-3-4-5-6-10-19-15(18)13-9-7-8-12(11(13)2)14(16)17;1-3(2)4(5)6/h7-9H,3-6,10H2,1-2H3,(H,16,17);1H2,2H3,(H,5,6). The fraction of sp³-hybridized carbons (Fsp3) is 0.421. The summed E-state index contributed by atoms with van der Waals surface area (Å²) in [5.41, 5.74) is 1.10. The predicted molar refractivity (Wildman–Crippen MR) is 95.0 cm³/mol. The maximum absolute atomic E-state index is 11.9. The van der Waals surface area contributed by atoms with Gasteiger partial charge in [-0.2, -0.15) is 0 Å². The average Bonchev–Trinajstić information content (AvgIpc) is 2.54. The second-order valence-electron chi connectivity index (χ2n) is 5.57. The van der Waals surface area contributed by atoms with Crippen molar-refractivity contribution in [2.75, 3.05) is 6.61 Å². The number of rotatable bonds is 8. The molecule has 0 aliphatic carbocycles.